The molecule has 1 heterocycles. The van der Waals surface area contributed by atoms with Crippen LogP contribution in [0.3, 0.4) is 0 Å². The van der Waals surface area contributed by atoms with E-state index in [1.165, 1.54) is 25.0 Å². The van der Waals surface area contributed by atoms with Crippen LogP contribution >= 0.6 is 24.0 Å². The van der Waals surface area contributed by atoms with Gasteiger partial charge in [0.25, 0.3) is 0 Å². The summed E-state index contributed by atoms with van der Waals surface area (Å²) in [5, 5.41) is 12.0. The molecule has 1 atom stereocenters. The van der Waals surface area contributed by atoms with Gasteiger partial charge in [-0.15, -0.1) is 24.0 Å². The number of ether oxygens (including phenoxy) is 1. The highest BCUT2D eigenvalue weighted by Crippen LogP contribution is 2.32. The maximum Gasteiger partial charge on any atom is 0.238 e. The van der Waals surface area contributed by atoms with Gasteiger partial charge in [0, 0.05) is 20.1 Å². The molecule has 10 heteroatoms. The number of hydrogen-bond donors (Lipinski definition) is 3. The van der Waals surface area contributed by atoms with Gasteiger partial charge in [-0.25, -0.2) is 18.5 Å². The Morgan fingerprint density at radius 1 is 1.30 bits per heavy atom. The van der Waals surface area contributed by atoms with E-state index in [2.05, 4.69) is 15.6 Å². The molecule has 0 spiro atoms. The van der Waals surface area contributed by atoms with Gasteiger partial charge in [-0.2, -0.15) is 0 Å². The molecule has 166 valence electrons. The normalized spacial score (nSPS) is 15.3. The number of benzene rings is 1. The van der Waals surface area contributed by atoms with Crippen LogP contribution in [0, 0.1) is 5.92 Å². The SMILES string of the molecule is COCC(NC(=NCc1ccc(S(N)(=O)=O)cc1)NCCc1ccco1)C1CC1.I. The summed E-state index contributed by atoms with van der Waals surface area (Å²) >= 11 is 0. The van der Waals surface area contributed by atoms with Crippen molar-refractivity contribution in [3.05, 3.63) is 54.0 Å². The van der Waals surface area contributed by atoms with Crippen molar-refractivity contribution in [3.63, 3.8) is 0 Å². The molecular formula is C20H29IN4O4S. The van der Waals surface area contributed by atoms with Crippen molar-refractivity contribution in [1.29, 1.82) is 0 Å². The molecule has 2 aromatic rings. The molecule has 1 unspecified atom stereocenters. The van der Waals surface area contributed by atoms with Crippen LogP contribution < -0.4 is 15.8 Å². The van der Waals surface area contributed by atoms with Crippen LogP contribution in [0.5, 0.6) is 0 Å². The summed E-state index contributed by atoms with van der Waals surface area (Å²) in [5.41, 5.74) is 0.888. The van der Waals surface area contributed by atoms with Gasteiger partial charge < -0.3 is 19.8 Å². The Bertz CT molecular complexity index is 897. The first-order valence-corrected chi connectivity index (χ1v) is 11.2. The van der Waals surface area contributed by atoms with Crippen LogP contribution in [-0.2, 0) is 27.7 Å². The van der Waals surface area contributed by atoms with E-state index in [1.807, 2.05) is 12.1 Å². The number of primary sulfonamides is 1. The van der Waals surface area contributed by atoms with Crippen molar-refractivity contribution < 1.29 is 17.6 Å². The lowest BCUT2D eigenvalue weighted by molar-refractivity contribution is 0.165. The Morgan fingerprint density at radius 2 is 2.03 bits per heavy atom. The fourth-order valence-corrected chi connectivity index (χ4v) is 3.53. The Kier molecular flexibility index (Phi) is 9.59. The van der Waals surface area contributed by atoms with Crippen molar-refractivity contribution >= 4 is 40.0 Å². The molecule has 1 saturated carbocycles. The van der Waals surface area contributed by atoms with Gasteiger partial charge >= 0.3 is 0 Å². The summed E-state index contributed by atoms with van der Waals surface area (Å²) in [5.74, 6) is 2.20. The van der Waals surface area contributed by atoms with Crippen LogP contribution in [0.4, 0.5) is 0 Å². The van der Waals surface area contributed by atoms with E-state index < -0.39 is 10.0 Å². The quantitative estimate of drug-likeness (QED) is 0.238. The Balaban J connectivity index is 0.00000320. The van der Waals surface area contributed by atoms with E-state index in [-0.39, 0.29) is 34.9 Å². The minimum Gasteiger partial charge on any atom is -0.469 e. The van der Waals surface area contributed by atoms with E-state index in [4.69, 9.17) is 14.3 Å². The smallest absolute Gasteiger partial charge is 0.238 e. The van der Waals surface area contributed by atoms with Gasteiger partial charge in [0.05, 0.1) is 30.4 Å². The summed E-state index contributed by atoms with van der Waals surface area (Å²) < 4.78 is 33.5. The third kappa shape index (κ3) is 7.89. The molecule has 0 aliphatic heterocycles. The number of aliphatic imine (C=N–C) groups is 1. The molecule has 0 radical (unpaired) electrons. The largest absolute Gasteiger partial charge is 0.469 e. The topological polar surface area (TPSA) is 119 Å². The molecular weight excluding hydrogens is 519 g/mol. The molecule has 3 rings (SSSR count). The van der Waals surface area contributed by atoms with Crippen molar-refractivity contribution in [3.8, 4) is 0 Å². The van der Waals surface area contributed by atoms with E-state index >= 15 is 0 Å². The number of nitrogens with zero attached hydrogens (tertiary/aromatic N) is 1. The van der Waals surface area contributed by atoms with E-state index in [9.17, 15) is 8.42 Å². The maximum absolute atomic E-state index is 11.4. The van der Waals surface area contributed by atoms with Gasteiger partial charge in [0.1, 0.15) is 5.76 Å². The summed E-state index contributed by atoms with van der Waals surface area (Å²) in [6.45, 7) is 1.70. The number of rotatable bonds is 10. The highest BCUT2D eigenvalue weighted by atomic mass is 127. The highest BCUT2D eigenvalue weighted by Gasteiger charge is 2.31. The molecule has 1 aromatic carbocycles. The first-order valence-electron chi connectivity index (χ1n) is 9.63. The minimum absolute atomic E-state index is 0. The average Bonchev–Trinajstić information content (AvgIpc) is 3.41. The maximum atomic E-state index is 11.4. The number of nitrogens with one attached hydrogen (secondary N) is 2. The third-order valence-corrected chi connectivity index (χ3v) is 5.70. The standard InChI is InChI=1S/C20H28N4O4S.HI/c1-27-14-19(16-6-7-16)24-20(22-11-10-17-3-2-12-28-17)23-13-15-4-8-18(9-5-15)29(21,25)26;/h2-5,8-9,12,16,19H,6-7,10-11,13-14H2,1H3,(H2,21,25,26)(H2,22,23,24);1H. The highest BCUT2D eigenvalue weighted by molar-refractivity contribution is 14.0. The zero-order valence-electron chi connectivity index (χ0n) is 16.9. The molecule has 30 heavy (non-hydrogen) atoms. The van der Waals surface area contributed by atoms with E-state index in [0.29, 0.717) is 31.6 Å². The van der Waals surface area contributed by atoms with Gasteiger partial charge in [-0.1, -0.05) is 12.1 Å². The van der Waals surface area contributed by atoms with Gasteiger partial charge in [0.2, 0.25) is 10.0 Å². The van der Waals surface area contributed by atoms with Crippen molar-refractivity contribution in [2.45, 2.75) is 36.7 Å². The zero-order chi connectivity index (χ0) is 20.7. The Labute approximate surface area is 194 Å². The molecule has 1 aromatic heterocycles. The summed E-state index contributed by atoms with van der Waals surface area (Å²) in [4.78, 5) is 4.76. The third-order valence-electron chi connectivity index (χ3n) is 4.77. The number of guanidine groups is 1. The van der Waals surface area contributed by atoms with Crippen LogP contribution in [0.2, 0.25) is 0 Å². The molecule has 4 N–H and O–H groups in total. The molecule has 8 nitrogen and oxygen atoms in total. The van der Waals surface area contributed by atoms with Crippen molar-refractivity contribution in [2.75, 3.05) is 20.3 Å². The van der Waals surface area contributed by atoms with Crippen molar-refractivity contribution in [2.24, 2.45) is 16.0 Å². The van der Waals surface area contributed by atoms with E-state index in [1.54, 1.807) is 25.5 Å². The Morgan fingerprint density at radius 3 is 2.60 bits per heavy atom. The number of nitrogens with two attached hydrogens (primary N) is 1. The number of methoxy groups -OCH3 is 1. The molecule has 1 aliphatic rings. The van der Waals surface area contributed by atoms with Crippen LogP contribution in [0.25, 0.3) is 0 Å². The van der Waals surface area contributed by atoms with Gasteiger partial charge in [0.15, 0.2) is 5.96 Å². The molecule has 0 saturated heterocycles. The second-order valence-corrected chi connectivity index (χ2v) is 8.71. The predicted octanol–water partition coefficient (Wildman–Crippen LogP) is 2.25. The first kappa shape index (κ1) is 24.6. The second-order valence-electron chi connectivity index (χ2n) is 7.15. The number of hydrogen-bond acceptors (Lipinski definition) is 5. The van der Waals surface area contributed by atoms with E-state index in [0.717, 1.165) is 17.7 Å². The van der Waals surface area contributed by atoms with Crippen molar-refractivity contribution in [1.82, 2.24) is 10.6 Å². The number of halogens is 1. The monoisotopic (exact) mass is 548 g/mol. The molecule has 0 amide bonds. The molecule has 1 aliphatic carbocycles. The number of sulfonamides is 1. The van der Waals surface area contributed by atoms with Crippen LogP contribution in [0.1, 0.15) is 24.2 Å². The summed E-state index contributed by atoms with van der Waals surface area (Å²) in [6, 6.07) is 10.5. The fourth-order valence-electron chi connectivity index (χ4n) is 3.02. The molecule has 1 fully saturated rings. The second kappa shape index (κ2) is 11.7. The summed E-state index contributed by atoms with van der Waals surface area (Å²) in [6.07, 6.45) is 4.79. The Hall–Kier alpha value is -1.63. The minimum atomic E-state index is -3.69. The molecule has 0 bridgehead atoms. The lowest BCUT2D eigenvalue weighted by Gasteiger charge is -2.21. The number of furan rings is 1. The average molecular weight is 548 g/mol. The van der Waals surface area contributed by atoms with Gasteiger partial charge in [-0.3, -0.25) is 0 Å². The van der Waals surface area contributed by atoms with Crippen LogP contribution in [-0.4, -0.2) is 40.7 Å². The lowest BCUT2D eigenvalue weighted by atomic mass is 10.2. The summed E-state index contributed by atoms with van der Waals surface area (Å²) in [7, 11) is -1.99. The van der Waals surface area contributed by atoms with Crippen LogP contribution in [0.15, 0.2) is 57.0 Å². The zero-order valence-corrected chi connectivity index (χ0v) is 20.1. The first-order chi connectivity index (χ1) is 14.0. The van der Waals surface area contributed by atoms with Gasteiger partial charge in [-0.05, 0) is 48.6 Å². The lowest BCUT2D eigenvalue weighted by Crippen LogP contribution is -2.47. The fraction of sp³-hybridized carbons (Fsp3) is 0.450. The predicted molar refractivity (Wildman–Crippen MR) is 126 cm³/mol.